The SMILES string of the molecule is CC.[B]C1(C)C=Cc2c(ccc3cc(C)c(C)cc23)O1. The van der Waals surface area contributed by atoms with Gasteiger partial charge in [0.2, 0.25) is 0 Å². The summed E-state index contributed by atoms with van der Waals surface area (Å²) in [4.78, 5) is 0. The van der Waals surface area contributed by atoms with Crippen LogP contribution < -0.4 is 4.74 Å². The van der Waals surface area contributed by atoms with E-state index in [1.807, 2.05) is 32.9 Å². The molecule has 3 rings (SSSR count). The zero-order chi connectivity index (χ0) is 14.9. The van der Waals surface area contributed by atoms with E-state index in [4.69, 9.17) is 12.6 Å². The highest BCUT2D eigenvalue weighted by Crippen LogP contribution is 2.36. The van der Waals surface area contributed by atoms with Crippen molar-refractivity contribution < 1.29 is 4.74 Å². The average molecular weight is 264 g/mol. The summed E-state index contributed by atoms with van der Waals surface area (Å²) in [5.41, 5.74) is 3.02. The Morgan fingerprint density at radius 3 is 2.40 bits per heavy atom. The first-order chi connectivity index (χ1) is 9.46. The van der Waals surface area contributed by atoms with Crippen molar-refractivity contribution in [3.8, 4) is 5.75 Å². The topological polar surface area (TPSA) is 9.23 Å². The number of hydrogen-bond donors (Lipinski definition) is 0. The molecule has 2 aromatic carbocycles. The first-order valence-corrected chi connectivity index (χ1v) is 7.17. The molecule has 0 N–H and O–H groups in total. The fourth-order valence-electron chi connectivity index (χ4n) is 2.38. The number of ether oxygens (including phenoxy) is 1. The van der Waals surface area contributed by atoms with Crippen LogP contribution in [0, 0.1) is 13.8 Å². The van der Waals surface area contributed by atoms with Crippen molar-refractivity contribution in [1.29, 1.82) is 0 Å². The Balaban J connectivity index is 0.000000704. The largest absolute Gasteiger partial charge is 0.493 e. The van der Waals surface area contributed by atoms with Gasteiger partial charge in [0.05, 0.1) is 5.50 Å². The average Bonchev–Trinajstić information content (AvgIpc) is 2.41. The maximum Gasteiger partial charge on any atom is 0.137 e. The molecule has 1 nitrogen and oxygen atoms in total. The third-order valence-corrected chi connectivity index (χ3v) is 3.55. The molecule has 0 saturated heterocycles. The van der Waals surface area contributed by atoms with Crippen LogP contribution in [0.3, 0.4) is 0 Å². The molecule has 1 atom stereocenters. The predicted molar refractivity (Wildman–Crippen MR) is 88.6 cm³/mol. The van der Waals surface area contributed by atoms with Crippen molar-refractivity contribution in [2.75, 3.05) is 0 Å². The van der Waals surface area contributed by atoms with Crippen LogP contribution in [-0.4, -0.2) is 13.3 Å². The zero-order valence-corrected chi connectivity index (χ0v) is 12.9. The van der Waals surface area contributed by atoms with Gasteiger partial charge in [-0.2, -0.15) is 0 Å². The summed E-state index contributed by atoms with van der Waals surface area (Å²) in [6.45, 7) is 10.1. The Kier molecular flexibility index (Phi) is 3.94. The van der Waals surface area contributed by atoms with Crippen LogP contribution >= 0.6 is 0 Å². The lowest BCUT2D eigenvalue weighted by molar-refractivity contribution is 0.224. The highest BCUT2D eigenvalue weighted by molar-refractivity contribution is 6.16. The van der Waals surface area contributed by atoms with Crippen LogP contribution in [0.15, 0.2) is 30.3 Å². The fraction of sp³-hybridized carbons (Fsp3) is 0.333. The second-order valence-electron chi connectivity index (χ2n) is 5.25. The van der Waals surface area contributed by atoms with Crippen molar-refractivity contribution >= 4 is 24.7 Å². The molecule has 1 heterocycles. The number of hydrogen-bond acceptors (Lipinski definition) is 1. The summed E-state index contributed by atoms with van der Waals surface area (Å²) in [6.07, 6.45) is 3.97. The monoisotopic (exact) mass is 264 g/mol. The molecular weight excluding hydrogens is 243 g/mol. The molecule has 0 spiro atoms. The fourth-order valence-corrected chi connectivity index (χ4v) is 2.38. The lowest BCUT2D eigenvalue weighted by Gasteiger charge is -2.29. The summed E-state index contributed by atoms with van der Waals surface area (Å²) in [5.74, 6) is 0.859. The van der Waals surface area contributed by atoms with E-state index in [-0.39, 0.29) is 0 Å². The molecule has 1 unspecified atom stereocenters. The van der Waals surface area contributed by atoms with Crippen molar-refractivity contribution in [3.05, 3.63) is 47.0 Å². The summed E-state index contributed by atoms with van der Waals surface area (Å²) >= 11 is 0. The van der Waals surface area contributed by atoms with E-state index in [0.29, 0.717) is 0 Å². The summed E-state index contributed by atoms with van der Waals surface area (Å²) in [5, 5.41) is 2.47. The standard InChI is InChI=1S/C16H15BO.C2H6/c1-10-8-12-4-5-15-13(14(12)9-11(10)2)6-7-16(3,17)18-15;1-2/h4-9H,1-3H3;1-2H3. The van der Waals surface area contributed by atoms with Crippen LogP contribution in [0.5, 0.6) is 5.75 Å². The van der Waals surface area contributed by atoms with E-state index in [1.54, 1.807) is 0 Å². The molecule has 20 heavy (non-hydrogen) atoms. The zero-order valence-electron chi connectivity index (χ0n) is 12.9. The van der Waals surface area contributed by atoms with E-state index in [9.17, 15) is 0 Å². The predicted octanol–water partition coefficient (Wildman–Crippen LogP) is 4.77. The van der Waals surface area contributed by atoms with Crippen molar-refractivity contribution in [3.63, 3.8) is 0 Å². The number of fused-ring (bicyclic) bond motifs is 3. The molecule has 0 fully saturated rings. The first kappa shape index (κ1) is 14.7. The molecule has 0 aromatic heterocycles. The van der Waals surface area contributed by atoms with Gasteiger partial charge in [-0.25, -0.2) is 0 Å². The Labute approximate surface area is 123 Å². The molecule has 2 heteroatoms. The Bertz CT molecular complexity index is 669. The van der Waals surface area contributed by atoms with Crippen LogP contribution in [0.25, 0.3) is 16.8 Å². The van der Waals surface area contributed by atoms with E-state index in [0.717, 1.165) is 11.3 Å². The highest BCUT2D eigenvalue weighted by atomic mass is 16.5. The summed E-state index contributed by atoms with van der Waals surface area (Å²) in [7, 11) is 5.98. The van der Waals surface area contributed by atoms with Gasteiger partial charge in [-0.3, -0.25) is 0 Å². The van der Waals surface area contributed by atoms with Crippen LogP contribution in [-0.2, 0) is 0 Å². The Morgan fingerprint density at radius 2 is 1.70 bits per heavy atom. The van der Waals surface area contributed by atoms with Gasteiger partial charge in [-0.05, 0) is 48.7 Å². The summed E-state index contributed by atoms with van der Waals surface area (Å²) < 4.78 is 5.79. The van der Waals surface area contributed by atoms with Gasteiger partial charge in [0.15, 0.2) is 0 Å². The Morgan fingerprint density at radius 1 is 1.05 bits per heavy atom. The molecule has 2 aromatic rings. The third-order valence-electron chi connectivity index (χ3n) is 3.55. The molecule has 0 aliphatic carbocycles. The second kappa shape index (κ2) is 5.36. The number of rotatable bonds is 0. The van der Waals surface area contributed by atoms with Crippen molar-refractivity contribution in [2.24, 2.45) is 0 Å². The van der Waals surface area contributed by atoms with Gasteiger partial charge < -0.3 is 4.74 Å². The minimum absolute atomic E-state index is 0.708. The molecule has 0 amide bonds. The Hall–Kier alpha value is -1.70. The van der Waals surface area contributed by atoms with E-state index in [2.05, 4.69) is 38.1 Å². The second-order valence-corrected chi connectivity index (χ2v) is 5.25. The summed E-state index contributed by atoms with van der Waals surface area (Å²) in [6, 6.07) is 8.53. The van der Waals surface area contributed by atoms with Crippen molar-refractivity contribution in [2.45, 2.75) is 40.1 Å². The minimum Gasteiger partial charge on any atom is -0.493 e. The smallest absolute Gasteiger partial charge is 0.137 e. The minimum atomic E-state index is -0.708. The lowest BCUT2D eigenvalue weighted by Crippen LogP contribution is -2.31. The van der Waals surface area contributed by atoms with E-state index < -0.39 is 5.50 Å². The van der Waals surface area contributed by atoms with Crippen LogP contribution in [0.4, 0.5) is 0 Å². The molecule has 1 aliphatic rings. The number of aryl methyl sites for hydroxylation is 2. The first-order valence-electron chi connectivity index (χ1n) is 7.17. The third kappa shape index (κ3) is 2.60. The quantitative estimate of drug-likeness (QED) is 0.622. The van der Waals surface area contributed by atoms with Gasteiger partial charge in [0, 0.05) is 5.56 Å². The maximum absolute atomic E-state index is 5.98. The van der Waals surface area contributed by atoms with Crippen LogP contribution in [0.1, 0.15) is 37.5 Å². The molecule has 102 valence electrons. The number of benzene rings is 2. The van der Waals surface area contributed by atoms with E-state index in [1.165, 1.54) is 21.9 Å². The van der Waals surface area contributed by atoms with Gasteiger partial charge in [-0.1, -0.05) is 44.2 Å². The van der Waals surface area contributed by atoms with Gasteiger partial charge in [-0.15, -0.1) is 0 Å². The molecule has 0 bridgehead atoms. The van der Waals surface area contributed by atoms with Gasteiger partial charge >= 0.3 is 0 Å². The maximum atomic E-state index is 5.98. The van der Waals surface area contributed by atoms with E-state index >= 15 is 0 Å². The lowest BCUT2D eigenvalue weighted by atomic mass is 9.80. The molecular formula is C18H21BO. The molecule has 0 saturated carbocycles. The highest BCUT2D eigenvalue weighted by Gasteiger charge is 2.22. The van der Waals surface area contributed by atoms with Gasteiger partial charge in [0.25, 0.3) is 0 Å². The van der Waals surface area contributed by atoms with Gasteiger partial charge in [0.1, 0.15) is 13.6 Å². The molecule has 1 aliphatic heterocycles. The van der Waals surface area contributed by atoms with Crippen LogP contribution in [0.2, 0.25) is 0 Å². The molecule has 2 radical (unpaired) electrons. The van der Waals surface area contributed by atoms with Crippen molar-refractivity contribution in [1.82, 2.24) is 0 Å². The normalized spacial score (nSPS) is 19.9.